The lowest BCUT2D eigenvalue weighted by molar-refractivity contribution is -0.120. The molecular formula is C22H21FN2O4S. The van der Waals surface area contributed by atoms with Gasteiger partial charge in [-0.1, -0.05) is 18.2 Å². The number of carbonyl (C=O) groups is 1. The number of methoxy groups -OCH3 is 1. The van der Waals surface area contributed by atoms with Gasteiger partial charge in [-0.3, -0.25) is 9.78 Å². The Morgan fingerprint density at radius 2 is 1.80 bits per heavy atom. The minimum absolute atomic E-state index is 0.0165. The minimum atomic E-state index is -3.81. The van der Waals surface area contributed by atoms with E-state index in [1.165, 1.54) is 49.7 Å². The molecule has 2 aromatic carbocycles. The maximum atomic E-state index is 13.3. The molecular weight excluding hydrogens is 407 g/mol. The van der Waals surface area contributed by atoms with Gasteiger partial charge >= 0.3 is 0 Å². The van der Waals surface area contributed by atoms with Crippen LogP contribution in [0.2, 0.25) is 0 Å². The second-order valence-corrected chi connectivity index (χ2v) is 8.73. The van der Waals surface area contributed by atoms with E-state index in [1.54, 1.807) is 30.5 Å². The molecule has 3 aromatic rings. The number of amides is 1. The number of rotatable bonds is 8. The topological polar surface area (TPSA) is 85.4 Å². The fraction of sp³-hybridized carbons (Fsp3) is 0.182. The number of carbonyl (C=O) groups excluding carboxylic acids is 1. The van der Waals surface area contributed by atoms with Crippen molar-refractivity contribution in [2.24, 2.45) is 0 Å². The van der Waals surface area contributed by atoms with Gasteiger partial charge in [-0.2, -0.15) is 0 Å². The van der Waals surface area contributed by atoms with E-state index in [-0.39, 0.29) is 29.6 Å². The molecule has 1 aromatic heterocycles. The van der Waals surface area contributed by atoms with Crippen molar-refractivity contribution >= 4 is 15.7 Å². The van der Waals surface area contributed by atoms with Gasteiger partial charge < -0.3 is 10.1 Å². The van der Waals surface area contributed by atoms with E-state index < -0.39 is 15.1 Å². The lowest BCUT2D eigenvalue weighted by Crippen LogP contribution is -2.33. The molecule has 0 aliphatic carbocycles. The first kappa shape index (κ1) is 21.4. The molecule has 1 amide bonds. The number of sulfone groups is 1. The van der Waals surface area contributed by atoms with Gasteiger partial charge in [-0.15, -0.1) is 0 Å². The van der Waals surface area contributed by atoms with Gasteiger partial charge in [0.25, 0.3) is 0 Å². The number of aromatic nitrogens is 1. The molecule has 1 atom stereocenters. The van der Waals surface area contributed by atoms with Crippen LogP contribution in [0.4, 0.5) is 4.39 Å². The zero-order valence-electron chi connectivity index (χ0n) is 16.3. The Morgan fingerprint density at radius 1 is 1.10 bits per heavy atom. The molecule has 1 unspecified atom stereocenters. The molecule has 1 N–H and O–H groups in total. The summed E-state index contributed by atoms with van der Waals surface area (Å²) >= 11 is 0. The van der Waals surface area contributed by atoms with E-state index in [9.17, 15) is 17.6 Å². The van der Waals surface area contributed by atoms with Gasteiger partial charge in [-0.05, 0) is 53.6 Å². The Kier molecular flexibility index (Phi) is 6.79. The summed E-state index contributed by atoms with van der Waals surface area (Å²) in [4.78, 5) is 16.5. The van der Waals surface area contributed by atoms with Crippen LogP contribution in [0.15, 0.2) is 78.0 Å². The van der Waals surface area contributed by atoms with Crippen molar-refractivity contribution in [1.29, 1.82) is 0 Å². The summed E-state index contributed by atoms with van der Waals surface area (Å²) in [5, 5.41) is 1.66. The molecule has 0 fully saturated rings. The number of ether oxygens (including phenoxy) is 1. The normalized spacial score (nSPS) is 12.2. The molecule has 0 aliphatic heterocycles. The second-order valence-electron chi connectivity index (χ2n) is 6.60. The van der Waals surface area contributed by atoms with Crippen molar-refractivity contribution in [3.8, 4) is 5.75 Å². The van der Waals surface area contributed by atoms with Crippen molar-refractivity contribution in [3.05, 3.63) is 90.0 Å². The number of benzene rings is 2. The standard InChI is InChI=1S/C22H21FN2O4S/c1-29-19-8-10-20(11-9-19)30(27,28)21(17-3-2-12-24-14-17)15-25-22(26)13-16-4-6-18(23)7-5-16/h2-12,14,21H,13,15H2,1H3,(H,25,26). The molecule has 0 saturated heterocycles. The first-order valence-electron chi connectivity index (χ1n) is 9.19. The smallest absolute Gasteiger partial charge is 0.224 e. The van der Waals surface area contributed by atoms with E-state index in [1.807, 2.05) is 0 Å². The monoisotopic (exact) mass is 428 g/mol. The summed E-state index contributed by atoms with van der Waals surface area (Å²) in [5.74, 6) is -0.207. The molecule has 156 valence electrons. The summed E-state index contributed by atoms with van der Waals surface area (Å²) in [5.41, 5.74) is 1.10. The van der Waals surface area contributed by atoms with Crippen LogP contribution in [0.1, 0.15) is 16.4 Å². The third-order valence-electron chi connectivity index (χ3n) is 4.58. The highest BCUT2D eigenvalue weighted by Gasteiger charge is 2.30. The Balaban J connectivity index is 1.80. The summed E-state index contributed by atoms with van der Waals surface area (Å²) in [6.07, 6.45) is 3.04. The van der Waals surface area contributed by atoms with Crippen LogP contribution in [0.3, 0.4) is 0 Å². The highest BCUT2D eigenvalue weighted by Crippen LogP contribution is 2.29. The molecule has 0 radical (unpaired) electrons. The molecule has 0 aliphatic rings. The lowest BCUT2D eigenvalue weighted by atomic mass is 10.1. The van der Waals surface area contributed by atoms with Crippen LogP contribution < -0.4 is 10.1 Å². The molecule has 6 nitrogen and oxygen atoms in total. The van der Waals surface area contributed by atoms with Crippen LogP contribution in [0.5, 0.6) is 5.75 Å². The maximum Gasteiger partial charge on any atom is 0.224 e. The Bertz CT molecular complexity index is 1090. The van der Waals surface area contributed by atoms with Gasteiger partial charge in [0.05, 0.1) is 18.4 Å². The number of hydrogen-bond donors (Lipinski definition) is 1. The molecule has 0 saturated carbocycles. The van der Waals surface area contributed by atoms with E-state index >= 15 is 0 Å². The average Bonchev–Trinajstić information content (AvgIpc) is 2.76. The number of nitrogens with one attached hydrogen (secondary N) is 1. The molecule has 0 spiro atoms. The van der Waals surface area contributed by atoms with Crippen LogP contribution >= 0.6 is 0 Å². The zero-order chi connectivity index (χ0) is 21.6. The average molecular weight is 428 g/mol. The fourth-order valence-electron chi connectivity index (χ4n) is 2.96. The molecule has 0 bridgehead atoms. The third kappa shape index (κ3) is 5.21. The predicted molar refractivity (Wildman–Crippen MR) is 110 cm³/mol. The van der Waals surface area contributed by atoms with E-state index in [0.717, 1.165) is 0 Å². The quantitative estimate of drug-likeness (QED) is 0.596. The fourth-order valence-corrected chi connectivity index (χ4v) is 4.60. The van der Waals surface area contributed by atoms with Crippen molar-refractivity contribution in [2.75, 3.05) is 13.7 Å². The van der Waals surface area contributed by atoms with Crippen LogP contribution in [-0.4, -0.2) is 33.0 Å². The van der Waals surface area contributed by atoms with Gasteiger partial charge in [0.1, 0.15) is 16.8 Å². The summed E-state index contributed by atoms with van der Waals surface area (Å²) in [7, 11) is -2.31. The minimum Gasteiger partial charge on any atom is -0.497 e. The van der Waals surface area contributed by atoms with Gasteiger partial charge in [0, 0.05) is 18.9 Å². The van der Waals surface area contributed by atoms with Crippen molar-refractivity contribution < 1.29 is 22.3 Å². The first-order valence-corrected chi connectivity index (χ1v) is 10.7. The summed E-state index contributed by atoms with van der Waals surface area (Å²) < 4.78 is 44.7. The third-order valence-corrected chi connectivity index (χ3v) is 6.70. The van der Waals surface area contributed by atoms with E-state index in [4.69, 9.17) is 4.74 Å². The Morgan fingerprint density at radius 3 is 2.40 bits per heavy atom. The molecule has 3 rings (SSSR count). The van der Waals surface area contributed by atoms with E-state index in [0.29, 0.717) is 16.9 Å². The van der Waals surface area contributed by atoms with Crippen molar-refractivity contribution in [2.45, 2.75) is 16.6 Å². The molecule has 1 heterocycles. The van der Waals surface area contributed by atoms with Crippen LogP contribution in [0.25, 0.3) is 0 Å². The summed E-state index contributed by atoms with van der Waals surface area (Å²) in [6.45, 7) is -0.125. The number of nitrogens with zero attached hydrogens (tertiary/aromatic N) is 1. The van der Waals surface area contributed by atoms with Crippen molar-refractivity contribution in [3.63, 3.8) is 0 Å². The first-order chi connectivity index (χ1) is 14.4. The van der Waals surface area contributed by atoms with Gasteiger partial charge in [0.2, 0.25) is 5.91 Å². The van der Waals surface area contributed by atoms with E-state index in [2.05, 4.69) is 10.3 Å². The predicted octanol–water partition coefficient (Wildman–Crippen LogP) is 3.10. The van der Waals surface area contributed by atoms with Gasteiger partial charge in [-0.25, -0.2) is 12.8 Å². The zero-order valence-corrected chi connectivity index (χ0v) is 17.1. The Hall–Kier alpha value is -3.26. The SMILES string of the molecule is COc1ccc(S(=O)(=O)C(CNC(=O)Cc2ccc(F)cc2)c2cccnc2)cc1. The van der Waals surface area contributed by atoms with Gasteiger partial charge in [0.15, 0.2) is 9.84 Å². The highest BCUT2D eigenvalue weighted by atomic mass is 32.2. The second kappa shape index (κ2) is 9.49. The largest absolute Gasteiger partial charge is 0.497 e. The lowest BCUT2D eigenvalue weighted by Gasteiger charge is -2.19. The highest BCUT2D eigenvalue weighted by molar-refractivity contribution is 7.91. The number of hydrogen-bond acceptors (Lipinski definition) is 5. The van der Waals surface area contributed by atoms with Crippen LogP contribution in [-0.2, 0) is 21.1 Å². The van der Waals surface area contributed by atoms with Crippen LogP contribution in [0, 0.1) is 5.82 Å². The molecule has 8 heteroatoms. The number of halogens is 1. The Labute approximate surface area is 174 Å². The van der Waals surface area contributed by atoms with Crippen molar-refractivity contribution in [1.82, 2.24) is 10.3 Å². The maximum absolute atomic E-state index is 13.3. The summed E-state index contributed by atoms with van der Waals surface area (Å²) in [6, 6.07) is 15.0. The number of pyridine rings is 1. The molecule has 30 heavy (non-hydrogen) atoms.